The van der Waals surface area contributed by atoms with Crippen LogP contribution in [0.5, 0.6) is 0 Å². The van der Waals surface area contributed by atoms with E-state index in [1.807, 2.05) is 30.3 Å². The summed E-state index contributed by atoms with van der Waals surface area (Å²) in [5.41, 5.74) is 0.847. The van der Waals surface area contributed by atoms with E-state index >= 15 is 0 Å². The lowest BCUT2D eigenvalue weighted by atomic mass is 10.2. The van der Waals surface area contributed by atoms with Gasteiger partial charge in [0.15, 0.2) is 0 Å². The normalized spacial score (nSPS) is 20.0. The molecule has 0 unspecified atom stereocenters. The van der Waals surface area contributed by atoms with Crippen LogP contribution in [0, 0.1) is 0 Å². The highest BCUT2D eigenvalue weighted by Crippen LogP contribution is 2.23. The molecule has 124 valence electrons. The second kappa shape index (κ2) is 7.62. The van der Waals surface area contributed by atoms with Gasteiger partial charge in [-0.25, -0.2) is 9.59 Å². The Bertz CT molecular complexity index is 573. The molecular weight excluding hydrogens is 302 g/mol. The SMILES string of the molecule is COC(=O)N1C[C@H](OC(C)=O)C[C@H]1C(=O)OCc1ccccc1. The van der Waals surface area contributed by atoms with Crippen LogP contribution in [-0.4, -0.2) is 48.7 Å². The number of likely N-dealkylation sites (tertiary alicyclic amines) is 1. The van der Waals surface area contributed by atoms with Gasteiger partial charge in [-0.05, 0) is 5.56 Å². The summed E-state index contributed by atoms with van der Waals surface area (Å²) >= 11 is 0. The molecule has 1 aromatic rings. The minimum absolute atomic E-state index is 0.108. The first-order valence-electron chi connectivity index (χ1n) is 7.23. The van der Waals surface area contributed by atoms with Crippen molar-refractivity contribution in [3.05, 3.63) is 35.9 Å². The van der Waals surface area contributed by atoms with Crippen molar-refractivity contribution in [1.82, 2.24) is 4.90 Å². The zero-order valence-corrected chi connectivity index (χ0v) is 13.1. The Balaban J connectivity index is 2.00. The highest BCUT2D eigenvalue weighted by molar-refractivity contribution is 5.82. The second-order valence-corrected chi connectivity index (χ2v) is 5.20. The minimum atomic E-state index is -0.824. The van der Waals surface area contributed by atoms with Crippen LogP contribution in [-0.2, 0) is 30.4 Å². The van der Waals surface area contributed by atoms with Crippen molar-refractivity contribution in [2.75, 3.05) is 13.7 Å². The smallest absolute Gasteiger partial charge is 0.410 e. The first kappa shape index (κ1) is 16.8. The second-order valence-electron chi connectivity index (χ2n) is 5.20. The van der Waals surface area contributed by atoms with E-state index in [2.05, 4.69) is 4.74 Å². The molecule has 1 aliphatic heterocycles. The van der Waals surface area contributed by atoms with E-state index < -0.39 is 30.2 Å². The van der Waals surface area contributed by atoms with Gasteiger partial charge in [-0.2, -0.15) is 0 Å². The minimum Gasteiger partial charge on any atom is -0.461 e. The Kier molecular flexibility index (Phi) is 5.56. The van der Waals surface area contributed by atoms with Crippen LogP contribution >= 0.6 is 0 Å². The summed E-state index contributed by atoms with van der Waals surface area (Å²) < 4.78 is 15.0. The Morgan fingerprint density at radius 1 is 1.22 bits per heavy atom. The maximum Gasteiger partial charge on any atom is 0.410 e. The van der Waals surface area contributed by atoms with Gasteiger partial charge in [0.1, 0.15) is 18.8 Å². The number of methoxy groups -OCH3 is 1. The summed E-state index contributed by atoms with van der Waals surface area (Å²) in [5, 5.41) is 0. The molecule has 1 fully saturated rings. The molecule has 1 aliphatic rings. The lowest BCUT2D eigenvalue weighted by molar-refractivity contribution is -0.151. The number of rotatable bonds is 4. The number of ether oxygens (including phenoxy) is 3. The maximum atomic E-state index is 12.3. The van der Waals surface area contributed by atoms with Crippen molar-refractivity contribution < 1.29 is 28.6 Å². The summed E-state index contributed by atoms with van der Waals surface area (Å²) in [4.78, 5) is 36.3. The number of nitrogens with zero attached hydrogens (tertiary/aromatic N) is 1. The molecule has 1 aromatic carbocycles. The van der Waals surface area contributed by atoms with Crippen LogP contribution in [0.1, 0.15) is 18.9 Å². The number of benzene rings is 1. The number of amides is 1. The van der Waals surface area contributed by atoms with Gasteiger partial charge in [-0.3, -0.25) is 9.69 Å². The van der Waals surface area contributed by atoms with Gasteiger partial charge >= 0.3 is 18.0 Å². The molecule has 7 heteroatoms. The van der Waals surface area contributed by atoms with Gasteiger partial charge in [0, 0.05) is 13.3 Å². The lowest BCUT2D eigenvalue weighted by Crippen LogP contribution is -2.41. The van der Waals surface area contributed by atoms with E-state index in [9.17, 15) is 14.4 Å². The standard InChI is InChI=1S/C16H19NO6/c1-11(18)23-13-8-14(17(9-13)16(20)21-2)15(19)22-10-12-6-4-3-5-7-12/h3-7,13-14H,8-10H2,1-2H3/t13-,14+/m1/s1. The van der Waals surface area contributed by atoms with Gasteiger partial charge in [-0.15, -0.1) is 0 Å². The van der Waals surface area contributed by atoms with Gasteiger partial charge in [-0.1, -0.05) is 30.3 Å². The van der Waals surface area contributed by atoms with Crippen LogP contribution in [0.4, 0.5) is 4.79 Å². The monoisotopic (exact) mass is 321 g/mol. The fourth-order valence-corrected chi connectivity index (χ4v) is 2.48. The van der Waals surface area contributed by atoms with Gasteiger partial charge in [0.05, 0.1) is 13.7 Å². The van der Waals surface area contributed by atoms with Crippen molar-refractivity contribution in [1.29, 1.82) is 0 Å². The Morgan fingerprint density at radius 2 is 1.91 bits per heavy atom. The Morgan fingerprint density at radius 3 is 2.52 bits per heavy atom. The molecule has 2 atom stereocenters. The van der Waals surface area contributed by atoms with Crippen molar-refractivity contribution in [2.24, 2.45) is 0 Å². The molecule has 1 amide bonds. The fourth-order valence-electron chi connectivity index (χ4n) is 2.48. The third-order valence-corrected chi connectivity index (χ3v) is 3.50. The molecule has 0 aromatic heterocycles. The van der Waals surface area contributed by atoms with Gasteiger partial charge in [0.25, 0.3) is 0 Å². The third kappa shape index (κ3) is 4.45. The van der Waals surface area contributed by atoms with Crippen LogP contribution in [0.15, 0.2) is 30.3 Å². The van der Waals surface area contributed by atoms with Gasteiger partial charge < -0.3 is 14.2 Å². The van der Waals surface area contributed by atoms with E-state index in [-0.39, 0.29) is 19.6 Å². The third-order valence-electron chi connectivity index (χ3n) is 3.50. The highest BCUT2D eigenvalue weighted by Gasteiger charge is 2.42. The lowest BCUT2D eigenvalue weighted by Gasteiger charge is -2.21. The molecule has 0 aliphatic carbocycles. The molecule has 1 saturated heterocycles. The number of esters is 2. The van der Waals surface area contributed by atoms with Crippen molar-refractivity contribution in [3.63, 3.8) is 0 Å². The molecule has 0 saturated carbocycles. The molecule has 0 N–H and O–H groups in total. The largest absolute Gasteiger partial charge is 0.461 e. The molecular formula is C16H19NO6. The number of hydrogen-bond donors (Lipinski definition) is 0. The average molecular weight is 321 g/mol. The topological polar surface area (TPSA) is 82.1 Å². The van der Waals surface area contributed by atoms with E-state index in [1.165, 1.54) is 18.9 Å². The molecule has 2 rings (SSSR count). The number of carbonyl (C=O) groups is 3. The Labute approximate surface area is 134 Å². The number of carbonyl (C=O) groups excluding carboxylic acids is 3. The highest BCUT2D eigenvalue weighted by atomic mass is 16.6. The van der Waals surface area contributed by atoms with Crippen LogP contribution in [0.25, 0.3) is 0 Å². The zero-order chi connectivity index (χ0) is 16.8. The summed E-state index contributed by atoms with van der Waals surface area (Å²) in [5.74, 6) is -1.01. The molecule has 7 nitrogen and oxygen atoms in total. The number of hydrogen-bond acceptors (Lipinski definition) is 6. The first-order valence-corrected chi connectivity index (χ1v) is 7.23. The summed E-state index contributed by atoms with van der Waals surface area (Å²) in [7, 11) is 1.23. The average Bonchev–Trinajstić information content (AvgIpc) is 2.96. The molecule has 23 heavy (non-hydrogen) atoms. The van der Waals surface area contributed by atoms with E-state index in [0.29, 0.717) is 0 Å². The van der Waals surface area contributed by atoms with Crippen LogP contribution < -0.4 is 0 Å². The maximum absolute atomic E-state index is 12.3. The summed E-state index contributed by atoms with van der Waals surface area (Å²) in [6.45, 7) is 1.50. The van der Waals surface area contributed by atoms with Crippen molar-refractivity contribution in [2.45, 2.75) is 32.1 Å². The van der Waals surface area contributed by atoms with Crippen LogP contribution in [0.3, 0.4) is 0 Å². The molecule has 0 spiro atoms. The summed E-state index contributed by atoms with van der Waals surface area (Å²) in [6, 6.07) is 8.40. The summed E-state index contributed by atoms with van der Waals surface area (Å²) in [6.07, 6.45) is -0.996. The fraction of sp³-hybridized carbons (Fsp3) is 0.438. The van der Waals surface area contributed by atoms with Gasteiger partial charge in [0.2, 0.25) is 0 Å². The Hall–Kier alpha value is -2.57. The quantitative estimate of drug-likeness (QED) is 0.617. The first-order chi connectivity index (χ1) is 11.0. The van der Waals surface area contributed by atoms with Crippen molar-refractivity contribution >= 4 is 18.0 Å². The van der Waals surface area contributed by atoms with E-state index in [4.69, 9.17) is 9.47 Å². The molecule has 0 radical (unpaired) electrons. The zero-order valence-electron chi connectivity index (χ0n) is 13.1. The predicted molar refractivity (Wildman–Crippen MR) is 79.3 cm³/mol. The predicted octanol–water partition coefficient (Wildman–Crippen LogP) is 1.50. The van der Waals surface area contributed by atoms with Crippen LogP contribution in [0.2, 0.25) is 0 Å². The van der Waals surface area contributed by atoms with Crippen molar-refractivity contribution in [3.8, 4) is 0 Å². The van der Waals surface area contributed by atoms with E-state index in [0.717, 1.165) is 5.56 Å². The molecule has 0 bridgehead atoms. The molecule has 1 heterocycles. The van der Waals surface area contributed by atoms with E-state index in [1.54, 1.807) is 0 Å².